The Balaban J connectivity index is 1.87. The Hall–Kier alpha value is -4.15. The number of tetrazole rings is 1. The van der Waals surface area contributed by atoms with Crippen LogP contribution in [0.2, 0.25) is 0 Å². The molecule has 0 aliphatic rings. The molecular weight excluding hydrogens is 437 g/mol. The van der Waals surface area contributed by atoms with Gasteiger partial charge in [-0.05, 0) is 17.3 Å². The van der Waals surface area contributed by atoms with Crippen molar-refractivity contribution in [3.05, 3.63) is 65.1 Å². The van der Waals surface area contributed by atoms with Crippen LogP contribution in [0, 0.1) is 34.6 Å². The third-order valence-electron chi connectivity index (χ3n) is 3.62. The number of aromatic amines is 1. The van der Waals surface area contributed by atoms with E-state index in [0.29, 0.717) is 12.1 Å². The highest BCUT2D eigenvalue weighted by Crippen LogP contribution is 2.37. The summed E-state index contributed by atoms with van der Waals surface area (Å²) in [4.78, 5) is 0. The minimum absolute atomic E-state index is 0.0731. The fourth-order valence-corrected chi connectivity index (χ4v) is 2.24. The Morgan fingerprint density at radius 3 is 2.00 bits per heavy atom. The number of nitrogens with zero attached hydrogens (tertiary/aromatic N) is 4. The van der Waals surface area contributed by atoms with Crippen molar-refractivity contribution in [2.75, 3.05) is 5.32 Å². The van der Waals surface area contributed by atoms with Crippen molar-refractivity contribution < 1.29 is 35.5 Å². The summed E-state index contributed by atoms with van der Waals surface area (Å²) in [6, 6.07) is 2.87. The second-order valence-electron chi connectivity index (χ2n) is 5.69. The van der Waals surface area contributed by atoms with E-state index >= 15 is 0 Å². The van der Waals surface area contributed by atoms with Crippen molar-refractivity contribution in [2.24, 2.45) is 0 Å². The molecule has 2 N–H and O–H groups in total. The maximum Gasteiger partial charge on any atom is 0.416 e. The van der Waals surface area contributed by atoms with E-state index in [1.807, 2.05) is 0 Å². The normalized spacial score (nSPS) is 11.9. The van der Waals surface area contributed by atoms with Gasteiger partial charge < -0.3 is 10.1 Å². The molecule has 31 heavy (non-hydrogen) atoms. The first-order chi connectivity index (χ1) is 14.6. The highest BCUT2D eigenvalue weighted by atomic mass is 19.4. The maximum absolute atomic E-state index is 14.3. The summed E-state index contributed by atoms with van der Waals surface area (Å²) >= 11 is 0. The fourth-order valence-electron chi connectivity index (χ4n) is 2.24. The van der Waals surface area contributed by atoms with Crippen LogP contribution in [0.5, 0.6) is 11.5 Å². The zero-order chi connectivity index (χ0) is 22.8. The molecule has 0 bridgehead atoms. The summed E-state index contributed by atoms with van der Waals surface area (Å²) < 4.78 is 98.5. The smallest absolute Gasteiger partial charge is 0.416 e. The number of nitrogens with one attached hydrogen (secondary N) is 2. The van der Waals surface area contributed by atoms with Crippen molar-refractivity contribution >= 4 is 11.3 Å². The third kappa shape index (κ3) is 4.71. The lowest BCUT2D eigenvalue weighted by Gasteiger charge is -2.13. The Morgan fingerprint density at radius 2 is 1.55 bits per heavy atom. The number of benzene rings is 2. The molecule has 0 unspecified atom stereocenters. The predicted octanol–water partition coefficient (Wildman–Crippen LogP) is 4.54. The molecule has 0 amide bonds. The number of aromatic nitrogens is 4. The first-order valence-corrected chi connectivity index (χ1v) is 7.94. The molecule has 2 aromatic carbocycles. The number of rotatable bonds is 5. The molecule has 0 aliphatic carbocycles. The first-order valence-electron chi connectivity index (χ1n) is 7.94. The first kappa shape index (κ1) is 21.6. The van der Waals surface area contributed by atoms with E-state index in [0.717, 1.165) is 6.20 Å². The highest BCUT2D eigenvalue weighted by molar-refractivity contribution is 5.74. The lowest BCUT2D eigenvalue weighted by Crippen LogP contribution is -2.07. The van der Waals surface area contributed by atoms with Gasteiger partial charge in [-0.25, -0.2) is 17.6 Å². The average Bonchev–Trinajstić information content (AvgIpc) is 3.20. The maximum atomic E-state index is 14.3. The predicted molar refractivity (Wildman–Crippen MR) is 89.2 cm³/mol. The van der Waals surface area contributed by atoms with Crippen LogP contribution in [0.4, 0.5) is 36.4 Å². The van der Waals surface area contributed by atoms with Gasteiger partial charge in [-0.2, -0.15) is 23.6 Å². The molecule has 160 valence electrons. The van der Waals surface area contributed by atoms with Gasteiger partial charge in [0.05, 0.1) is 5.56 Å². The minimum Gasteiger partial charge on any atom is -0.445 e. The molecule has 0 aliphatic heterocycles. The summed E-state index contributed by atoms with van der Waals surface area (Å²) in [5, 5.41) is 23.9. The fraction of sp³-hybridized carbons (Fsp3) is 0.0588. The van der Waals surface area contributed by atoms with Crippen LogP contribution >= 0.6 is 0 Å². The topological polar surface area (TPSA) is 99.5 Å². The van der Waals surface area contributed by atoms with E-state index in [9.17, 15) is 30.7 Å². The van der Waals surface area contributed by atoms with Gasteiger partial charge in [-0.15, -0.1) is 10.2 Å². The number of hydrogen-bond donors (Lipinski definition) is 2. The number of H-pyrrole nitrogens is 1. The molecular formula is C17H7F7N6O. The van der Waals surface area contributed by atoms with Gasteiger partial charge in [0.15, 0.2) is 34.8 Å². The second kappa shape index (κ2) is 8.30. The van der Waals surface area contributed by atoms with Crippen LogP contribution in [-0.4, -0.2) is 20.6 Å². The number of anilines is 1. The van der Waals surface area contributed by atoms with Crippen LogP contribution < -0.4 is 10.1 Å². The lowest BCUT2D eigenvalue weighted by molar-refractivity contribution is -0.138. The van der Waals surface area contributed by atoms with E-state index in [4.69, 9.17) is 5.26 Å². The summed E-state index contributed by atoms with van der Waals surface area (Å²) in [6.07, 6.45) is -4.03. The molecule has 0 radical (unpaired) electrons. The second-order valence-corrected chi connectivity index (χ2v) is 5.69. The van der Waals surface area contributed by atoms with Crippen molar-refractivity contribution in [1.29, 1.82) is 5.26 Å². The summed E-state index contributed by atoms with van der Waals surface area (Å²) in [7, 11) is 0. The molecule has 1 heterocycles. The number of hydrogen-bond acceptors (Lipinski definition) is 6. The third-order valence-corrected chi connectivity index (χ3v) is 3.62. The van der Waals surface area contributed by atoms with E-state index in [2.05, 4.69) is 30.7 Å². The van der Waals surface area contributed by atoms with Crippen LogP contribution in [0.25, 0.3) is 5.57 Å². The zero-order valence-corrected chi connectivity index (χ0v) is 14.7. The molecule has 0 fully saturated rings. The van der Waals surface area contributed by atoms with E-state index in [1.54, 1.807) is 6.07 Å². The van der Waals surface area contributed by atoms with Crippen LogP contribution in [0.1, 0.15) is 11.4 Å². The van der Waals surface area contributed by atoms with Crippen molar-refractivity contribution in [3.63, 3.8) is 0 Å². The van der Waals surface area contributed by atoms with Gasteiger partial charge in [0.25, 0.3) is 0 Å². The van der Waals surface area contributed by atoms with Gasteiger partial charge >= 0.3 is 6.18 Å². The molecule has 0 saturated carbocycles. The molecule has 3 rings (SSSR count). The highest BCUT2D eigenvalue weighted by Gasteiger charge is 2.33. The monoisotopic (exact) mass is 444 g/mol. The van der Waals surface area contributed by atoms with Crippen molar-refractivity contribution in [1.82, 2.24) is 20.6 Å². The Labute approximate surface area is 167 Å². The number of halogens is 7. The molecule has 0 saturated heterocycles. The Morgan fingerprint density at radius 1 is 1.00 bits per heavy atom. The molecule has 1 aromatic heterocycles. The molecule has 3 aromatic rings. The van der Waals surface area contributed by atoms with Gasteiger partial charge in [0, 0.05) is 24.0 Å². The van der Waals surface area contributed by atoms with Crippen LogP contribution in [-0.2, 0) is 6.18 Å². The van der Waals surface area contributed by atoms with E-state index < -0.39 is 46.5 Å². The van der Waals surface area contributed by atoms with Gasteiger partial charge in [-0.1, -0.05) is 0 Å². The number of alkyl halides is 3. The molecule has 0 atom stereocenters. The Kier molecular flexibility index (Phi) is 5.77. The largest absolute Gasteiger partial charge is 0.445 e. The zero-order valence-electron chi connectivity index (χ0n) is 14.7. The number of nitriles is 1. The summed E-state index contributed by atoms with van der Waals surface area (Å²) in [5.74, 6) is -9.28. The lowest BCUT2D eigenvalue weighted by atomic mass is 10.2. The molecule has 14 heteroatoms. The molecule has 7 nitrogen and oxygen atoms in total. The number of allylic oxidation sites excluding steroid dienone is 1. The van der Waals surface area contributed by atoms with Gasteiger partial charge in [0.1, 0.15) is 11.6 Å². The van der Waals surface area contributed by atoms with Gasteiger partial charge in [-0.3, -0.25) is 0 Å². The minimum atomic E-state index is -5.04. The average molecular weight is 444 g/mol. The number of ether oxygens (including phenoxy) is 1. The molecule has 0 spiro atoms. The van der Waals surface area contributed by atoms with Gasteiger partial charge in [0.2, 0.25) is 5.82 Å². The summed E-state index contributed by atoms with van der Waals surface area (Å²) in [5.41, 5.74) is -2.03. The summed E-state index contributed by atoms with van der Waals surface area (Å²) in [6.45, 7) is 0. The van der Waals surface area contributed by atoms with Crippen LogP contribution in [0.15, 0.2) is 30.5 Å². The van der Waals surface area contributed by atoms with E-state index in [-0.39, 0.29) is 29.2 Å². The Bertz CT molecular complexity index is 1140. The quantitative estimate of drug-likeness (QED) is 0.443. The van der Waals surface area contributed by atoms with Crippen molar-refractivity contribution in [3.8, 4) is 17.6 Å². The van der Waals surface area contributed by atoms with Crippen LogP contribution in [0.3, 0.4) is 0 Å². The SMILES string of the molecule is N#CC(=CNc1cc(F)c(Oc2c(F)cc(C(F)(F)F)cc2F)c(F)c1)c1nn[nH]n1. The standard InChI is InChI=1S/C17H7F7N6O/c18-10-1-8(17(22,23)24)2-11(19)14(10)31-15-12(20)3-9(4-13(15)21)26-6-7(5-25)16-27-29-30-28-16/h1-4,6,26H,(H,27,28,29,30). The van der Waals surface area contributed by atoms with Crippen molar-refractivity contribution in [2.45, 2.75) is 6.18 Å². The van der Waals surface area contributed by atoms with E-state index in [1.165, 1.54) is 0 Å².